The van der Waals surface area contributed by atoms with Gasteiger partial charge < -0.3 is 14.8 Å². The largest absolute Gasteiger partial charge is 0.464 e. The number of benzene rings is 3. The molecule has 3 aromatic carbocycles. The van der Waals surface area contributed by atoms with Crippen LogP contribution in [0.2, 0.25) is 0 Å². The van der Waals surface area contributed by atoms with Crippen LogP contribution in [-0.4, -0.2) is 30.5 Å². The molecule has 0 aliphatic heterocycles. The highest BCUT2D eigenvalue weighted by Gasteiger charge is 2.37. The predicted octanol–water partition coefficient (Wildman–Crippen LogP) is 4.93. The lowest BCUT2D eigenvalue weighted by molar-refractivity contribution is -0.160. The number of esters is 2. The third-order valence-electron chi connectivity index (χ3n) is 6.19. The lowest BCUT2D eigenvalue weighted by Crippen LogP contribution is -2.47. The van der Waals surface area contributed by atoms with Crippen molar-refractivity contribution in [2.24, 2.45) is 0 Å². The van der Waals surface area contributed by atoms with Crippen LogP contribution < -0.4 is 5.32 Å². The van der Waals surface area contributed by atoms with Crippen molar-refractivity contribution in [2.75, 3.05) is 6.61 Å². The first kappa shape index (κ1) is 24.2. The molecule has 0 radical (unpaired) electrons. The van der Waals surface area contributed by atoms with Gasteiger partial charge in [-0.3, -0.25) is 9.59 Å². The van der Waals surface area contributed by atoms with Gasteiger partial charge in [-0.15, -0.1) is 0 Å². The molecule has 1 aliphatic carbocycles. The fourth-order valence-corrected chi connectivity index (χ4v) is 4.58. The molecule has 35 heavy (non-hydrogen) atoms. The van der Waals surface area contributed by atoms with Gasteiger partial charge in [0, 0.05) is 18.8 Å². The fourth-order valence-electron chi connectivity index (χ4n) is 4.58. The highest BCUT2D eigenvalue weighted by Crippen LogP contribution is 2.46. The number of nitrogens with one attached hydrogen (secondary N) is 1. The summed E-state index contributed by atoms with van der Waals surface area (Å²) in [7, 11) is 0. The Morgan fingerprint density at radius 3 is 1.97 bits per heavy atom. The standard InChI is InChI=1S/C29H29NO5/c1-3-26(32)35-28(19-12-6-5-7-13-19)27(29(33)34-4-2)30-25(31)18-24-22-16-10-8-14-20(22)21-15-9-11-17-23(21)24/h5-17,24,27-28H,3-4,18H2,1-2H3,(H,30,31). The normalized spacial score (nSPS) is 13.8. The van der Waals surface area contributed by atoms with Crippen molar-refractivity contribution in [2.45, 2.75) is 44.8 Å². The molecule has 2 unspecified atom stereocenters. The van der Waals surface area contributed by atoms with Crippen molar-refractivity contribution in [1.82, 2.24) is 5.32 Å². The molecule has 3 aromatic rings. The molecule has 1 N–H and O–H groups in total. The first-order chi connectivity index (χ1) is 17.0. The molecule has 1 aliphatic rings. The zero-order chi connectivity index (χ0) is 24.8. The molecule has 6 nitrogen and oxygen atoms in total. The van der Waals surface area contributed by atoms with E-state index in [9.17, 15) is 14.4 Å². The molecule has 4 rings (SSSR count). The third-order valence-corrected chi connectivity index (χ3v) is 6.19. The molecule has 180 valence electrons. The molecule has 0 saturated carbocycles. The first-order valence-electron chi connectivity index (χ1n) is 11.9. The Bertz CT molecular complexity index is 1160. The minimum Gasteiger partial charge on any atom is -0.464 e. The van der Waals surface area contributed by atoms with E-state index in [0.29, 0.717) is 5.56 Å². The summed E-state index contributed by atoms with van der Waals surface area (Å²) in [6.45, 7) is 3.51. The number of fused-ring (bicyclic) bond motifs is 3. The highest BCUT2D eigenvalue weighted by atomic mass is 16.6. The average Bonchev–Trinajstić information content (AvgIpc) is 3.20. The summed E-state index contributed by atoms with van der Waals surface area (Å²) in [6, 6.07) is 23.8. The van der Waals surface area contributed by atoms with Gasteiger partial charge in [0.2, 0.25) is 5.91 Å². The van der Waals surface area contributed by atoms with Gasteiger partial charge in [-0.2, -0.15) is 0 Å². The number of carbonyl (C=O) groups is 3. The van der Waals surface area contributed by atoms with Crippen LogP contribution in [0.3, 0.4) is 0 Å². The van der Waals surface area contributed by atoms with Crippen LogP contribution in [0.25, 0.3) is 11.1 Å². The van der Waals surface area contributed by atoms with Gasteiger partial charge in [-0.25, -0.2) is 4.79 Å². The van der Waals surface area contributed by atoms with Gasteiger partial charge in [0.1, 0.15) is 0 Å². The Balaban J connectivity index is 1.62. The van der Waals surface area contributed by atoms with Gasteiger partial charge in [0.05, 0.1) is 6.61 Å². The quantitative estimate of drug-likeness (QED) is 0.448. The monoisotopic (exact) mass is 471 g/mol. The number of amides is 1. The Hall–Kier alpha value is -3.93. The molecule has 0 spiro atoms. The number of hydrogen-bond donors (Lipinski definition) is 1. The van der Waals surface area contributed by atoms with Crippen molar-refractivity contribution in [1.29, 1.82) is 0 Å². The van der Waals surface area contributed by atoms with Crippen LogP contribution in [0.4, 0.5) is 0 Å². The maximum atomic E-state index is 13.4. The van der Waals surface area contributed by atoms with Crippen LogP contribution in [-0.2, 0) is 23.9 Å². The van der Waals surface area contributed by atoms with E-state index < -0.39 is 24.1 Å². The summed E-state index contributed by atoms with van der Waals surface area (Å²) < 4.78 is 10.9. The molecular formula is C29H29NO5. The van der Waals surface area contributed by atoms with Gasteiger partial charge in [0.15, 0.2) is 12.1 Å². The van der Waals surface area contributed by atoms with Gasteiger partial charge in [-0.1, -0.05) is 85.8 Å². The van der Waals surface area contributed by atoms with Crippen molar-refractivity contribution in [3.05, 3.63) is 95.6 Å². The van der Waals surface area contributed by atoms with Crippen LogP contribution in [0.1, 0.15) is 55.4 Å². The minimum atomic E-state index is -1.17. The van der Waals surface area contributed by atoms with Crippen LogP contribution in [0.5, 0.6) is 0 Å². The summed E-state index contributed by atoms with van der Waals surface area (Å²) >= 11 is 0. The van der Waals surface area contributed by atoms with E-state index in [1.165, 1.54) is 0 Å². The highest BCUT2D eigenvalue weighted by molar-refractivity contribution is 5.88. The van der Waals surface area contributed by atoms with Crippen molar-refractivity contribution >= 4 is 17.8 Å². The molecule has 2 atom stereocenters. The van der Waals surface area contributed by atoms with Crippen molar-refractivity contribution in [3.63, 3.8) is 0 Å². The number of carbonyl (C=O) groups excluding carboxylic acids is 3. The van der Waals surface area contributed by atoms with E-state index in [-0.39, 0.29) is 31.3 Å². The van der Waals surface area contributed by atoms with E-state index in [1.807, 2.05) is 42.5 Å². The van der Waals surface area contributed by atoms with E-state index in [4.69, 9.17) is 9.47 Å². The molecule has 0 aromatic heterocycles. The lowest BCUT2D eigenvalue weighted by atomic mass is 9.93. The molecular weight excluding hydrogens is 442 g/mol. The van der Waals surface area contributed by atoms with E-state index in [1.54, 1.807) is 38.1 Å². The molecule has 0 saturated heterocycles. The third kappa shape index (κ3) is 5.27. The van der Waals surface area contributed by atoms with Crippen molar-refractivity contribution in [3.8, 4) is 11.1 Å². The Kier molecular flexibility index (Phi) is 7.60. The second kappa shape index (κ2) is 11.0. The van der Waals surface area contributed by atoms with Gasteiger partial charge >= 0.3 is 11.9 Å². The Morgan fingerprint density at radius 1 is 0.829 bits per heavy atom. The zero-order valence-corrected chi connectivity index (χ0v) is 19.9. The minimum absolute atomic E-state index is 0.137. The summed E-state index contributed by atoms with van der Waals surface area (Å²) in [5.41, 5.74) is 4.98. The number of hydrogen-bond acceptors (Lipinski definition) is 5. The summed E-state index contributed by atoms with van der Waals surface area (Å²) in [4.78, 5) is 38.6. The maximum Gasteiger partial charge on any atom is 0.332 e. The molecule has 1 amide bonds. The van der Waals surface area contributed by atoms with Crippen LogP contribution >= 0.6 is 0 Å². The second-order valence-electron chi connectivity index (χ2n) is 8.40. The van der Waals surface area contributed by atoms with E-state index in [0.717, 1.165) is 22.3 Å². The fraction of sp³-hybridized carbons (Fsp3) is 0.276. The maximum absolute atomic E-state index is 13.4. The molecule has 0 bridgehead atoms. The van der Waals surface area contributed by atoms with Gasteiger partial charge in [0.25, 0.3) is 0 Å². The second-order valence-corrected chi connectivity index (χ2v) is 8.40. The first-order valence-corrected chi connectivity index (χ1v) is 11.9. The summed E-state index contributed by atoms with van der Waals surface area (Å²) in [6.07, 6.45) is -0.717. The Morgan fingerprint density at radius 2 is 1.40 bits per heavy atom. The molecule has 0 fully saturated rings. The van der Waals surface area contributed by atoms with Crippen molar-refractivity contribution < 1.29 is 23.9 Å². The van der Waals surface area contributed by atoms with Crippen LogP contribution in [0, 0.1) is 0 Å². The Labute approximate surface area is 205 Å². The topological polar surface area (TPSA) is 81.7 Å². The zero-order valence-electron chi connectivity index (χ0n) is 19.9. The summed E-state index contributed by atoms with van der Waals surface area (Å²) in [5.74, 6) is -1.58. The average molecular weight is 472 g/mol. The number of rotatable bonds is 9. The SMILES string of the molecule is CCOC(=O)C(NC(=O)CC1c2ccccc2-c2ccccc21)C(OC(=O)CC)c1ccccc1. The lowest BCUT2D eigenvalue weighted by Gasteiger charge is -2.27. The van der Waals surface area contributed by atoms with E-state index >= 15 is 0 Å². The summed E-state index contributed by atoms with van der Waals surface area (Å²) in [5, 5.41) is 2.83. The van der Waals surface area contributed by atoms with Gasteiger partial charge in [-0.05, 0) is 34.7 Å². The molecule has 0 heterocycles. The predicted molar refractivity (Wildman–Crippen MR) is 132 cm³/mol. The van der Waals surface area contributed by atoms with E-state index in [2.05, 4.69) is 17.4 Å². The number of ether oxygens (including phenoxy) is 2. The van der Waals surface area contributed by atoms with Crippen LogP contribution in [0.15, 0.2) is 78.9 Å². The smallest absolute Gasteiger partial charge is 0.332 e. The molecule has 6 heteroatoms.